The van der Waals surface area contributed by atoms with Crippen molar-refractivity contribution in [1.29, 1.82) is 0 Å². The van der Waals surface area contributed by atoms with Gasteiger partial charge in [0.15, 0.2) is 4.80 Å². The highest BCUT2D eigenvalue weighted by Crippen LogP contribution is 2.18. The maximum Gasteiger partial charge on any atom is 0.283 e. The monoisotopic (exact) mass is 374 g/mol. The first kappa shape index (κ1) is 17.2. The van der Waals surface area contributed by atoms with Crippen LogP contribution in [-0.2, 0) is 6.54 Å². The van der Waals surface area contributed by atoms with Gasteiger partial charge in [0.2, 0.25) is 0 Å². The van der Waals surface area contributed by atoms with E-state index in [0.717, 1.165) is 21.6 Å². The van der Waals surface area contributed by atoms with Gasteiger partial charge in [-0.1, -0.05) is 47.7 Å². The van der Waals surface area contributed by atoms with Crippen molar-refractivity contribution in [2.45, 2.75) is 13.5 Å². The maximum absolute atomic E-state index is 12.9. The zero-order valence-electron chi connectivity index (χ0n) is 14.9. The molecule has 2 aromatic heterocycles. The Hall–Kier alpha value is -3.25. The quantitative estimate of drug-likeness (QED) is 0.505. The van der Waals surface area contributed by atoms with Gasteiger partial charge in [0.25, 0.3) is 5.91 Å². The van der Waals surface area contributed by atoms with E-state index >= 15 is 0 Å². The second kappa shape index (κ2) is 7.17. The molecule has 0 unspecified atom stereocenters. The minimum Gasteiger partial charge on any atom is -0.312 e. The zero-order chi connectivity index (χ0) is 18.8. The molecule has 0 saturated heterocycles. The Morgan fingerprint density at radius 2 is 1.93 bits per heavy atom. The van der Waals surface area contributed by atoms with Crippen LogP contribution in [-0.4, -0.2) is 20.3 Å². The second-order valence-corrected chi connectivity index (χ2v) is 7.07. The topological polar surface area (TPSA) is 52.2 Å². The van der Waals surface area contributed by atoms with Gasteiger partial charge in [-0.05, 0) is 31.2 Å². The van der Waals surface area contributed by atoms with Gasteiger partial charge in [0.1, 0.15) is 0 Å². The van der Waals surface area contributed by atoms with Crippen LogP contribution in [0.25, 0.3) is 15.9 Å². The molecule has 0 radical (unpaired) electrons. The summed E-state index contributed by atoms with van der Waals surface area (Å²) < 4.78 is 4.84. The van der Waals surface area contributed by atoms with Crippen LogP contribution in [0.1, 0.15) is 16.1 Å². The number of hydrogen-bond donors (Lipinski definition) is 0. The Morgan fingerprint density at radius 1 is 1.19 bits per heavy atom. The number of carbonyl (C=O) groups excluding carboxylic acids is 1. The van der Waals surface area contributed by atoms with Gasteiger partial charge < -0.3 is 4.57 Å². The number of para-hydroxylation sites is 2. The second-order valence-electron chi connectivity index (χ2n) is 6.06. The lowest BCUT2D eigenvalue weighted by Crippen LogP contribution is -2.16. The summed E-state index contributed by atoms with van der Waals surface area (Å²) in [6.45, 7) is 6.29. The van der Waals surface area contributed by atoms with Crippen molar-refractivity contribution < 1.29 is 4.79 Å². The van der Waals surface area contributed by atoms with Crippen LogP contribution in [0, 0.1) is 6.92 Å². The molecule has 0 atom stereocenters. The van der Waals surface area contributed by atoms with Crippen LogP contribution in [0.4, 0.5) is 0 Å². The number of amides is 1. The zero-order valence-corrected chi connectivity index (χ0v) is 15.7. The molecule has 27 heavy (non-hydrogen) atoms. The summed E-state index contributed by atoms with van der Waals surface area (Å²) in [6, 6.07) is 17.8. The number of allylic oxidation sites excluding steroid dienone is 1. The number of aromatic nitrogens is 3. The number of thiazole rings is 1. The average molecular weight is 374 g/mol. The van der Waals surface area contributed by atoms with Crippen LogP contribution in [0.3, 0.4) is 0 Å². The van der Waals surface area contributed by atoms with Crippen molar-refractivity contribution >= 4 is 27.5 Å². The molecule has 134 valence electrons. The van der Waals surface area contributed by atoms with Gasteiger partial charge in [0.05, 0.1) is 33.4 Å². The van der Waals surface area contributed by atoms with Gasteiger partial charge in [-0.25, -0.2) is 4.68 Å². The summed E-state index contributed by atoms with van der Waals surface area (Å²) in [7, 11) is 0. The van der Waals surface area contributed by atoms with E-state index in [9.17, 15) is 4.79 Å². The Morgan fingerprint density at radius 3 is 2.70 bits per heavy atom. The van der Waals surface area contributed by atoms with Crippen molar-refractivity contribution in [2.24, 2.45) is 4.99 Å². The highest BCUT2D eigenvalue weighted by molar-refractivity contribution is 7.16. The molecule has 0 spiro atoms. The maximum atomic E-state index is 12.9. The largest absolute Gasteiger partial charge is 0.312 e. The molecule has 5 nitrogen and oxygen atoms in total. The summed E-state index contributed by atoms with van der Waals surface area (Å²) in [5.74, 6) is -0.293. The standard InChI is InChI=1S/C21H18N4OS/c1-3-13-24-18-11-7-8-12-19(18)27-21(24)23-20(26)17-14-22-25(15(17)2)16-9-5-4-6-10-16/h3-12,14H,1,13H2,2H3. The number of fused-ring (bicyclic) bond motifs is 1. The number of rotatable bonds is 4. The fraction of sp³-hybridized carbons (Fsp3) is 0.0952. The average Bonchev–Trinajstić information content (AvgIpc) is 3.24. The molecule has 4 rings (SSSR count). The van der Waals surface area contributed by atoms with Crippen LogP contribution in [0.15, 0.2) is 78.4 Å². The lowest BCUT2D eigenvalue weighted by molar-refractivity contribution is 0.0997. The molecule has 2 heterocycles. The minimum atomic E-state index is -0.293. The number of carbonyl (C=O) groups is 1. The third kappa shape index (κ3) is 3.15. The highest BCUT2D eigenvalue weighted by atomic mass is 32.1. The van der Waals surface area contributed by atoms with E-state index < -0.39 is 0 Å². The molecule has 4 aromatic rings. The lowest BCUT2D eigenvalue weighted by atomic mass is 10.2. The molecule has 0 aliphatic heterocycles. The Kier molecular flexibility index (Phi) is 4.56. The fourth-order valence-corrected chi connectivity index (χ4v) is 4.05. The van der Waals surface area contributed by atoms with E-state index in [1.165, 1.54) is 11.3 Å². The highest BCUT2D eigenvalue weighted by Gasteiger charge is 2.15. The molecule has 2 aromatic carbocycles. The van der Waals surface area contributed by atoms with E-state index in [4.69, 9.17) is 0 Å². The normalized spacial score (nSPS) is 11.8. The number of hydrogen-bond acceptors (Lipinski definition) is 3. The van der Waals surface area contributed by atoms with E-state index in [-0.39, 0.29) is 5.91 Å². The third-order valence-corrected chi connectivity index (χ3v) is 5.40. The molecular weight excluding hydrogens is 356 g/mol. The first-order valence-electron chi connectivity index (χ1n) is 8.57. The van der Waals surface area contributed by atoms with Crippen molar-refractivity contribution in [2.75, 3.05) is 0 Å². The minimum absolute atomic E-state index is 0.293. The summed E-state index contributed by atoms with van der Waals surface area (Å²) >= 11 is 1.50. The number of benzene rings is 2. The van der Waals surface area contributed by atoms with Crippen LogP contribution in [0.5, 0.6) is 0 Å². The molecule has 0 N–H and O–H groups in total. The molecular formula is C21H18N4OS. The molecule has 1 amide bonds. The van der Waals surface area contributed by atoms with E-state index in [2.05, 4.69) is 16.7 Å². The first-order chi connectivity index (χ1) is 13.2. The first-order valence-corrected chi connectivity index (χ1v) is 9.39. The van der Waals surface area contributed by atoms with Gasteiger partial charge in [-0.2, -0.15) is 10.1 Å². The van der Waals surface area contributed by atoms with Crippen molar-refractivity contribution in [3.8, 4) is 5.69 Å². The molecule has 0 bridgehead atoms. The SMILES string of the molecule is C=CCn1c(=NC(=O)c2cnn(-c3ccccc3)c2C)sc2ccccc21. The van der Waals surface area contributed by atoms with Gasteiger partial charge >= 0.3 is 0 Å². The van der Waals surface area contributed by atoms with Crippen LogP contribution >= 0.6 is 11.3 Å². The van der Waals surface area contributed by atoms with Gasteiger partial charge in [0, 0.05) is 6.54 Å². The summed E-state index contributed by atoms with van der Waals surface area (Å²) in [5.41, 5.74) is 3.23. The number of nitrogens with zero attached hydrogens (tertiary/aromatic N) is 4. The van der Waals surface area contributed by atoms with Gasteiger partial charge in [-0.15, -0.1) is 6.58 Å². The fourth-order valence-electron chi connectivity index (χ4n) is 3.01. The molecule has 0 aliphatic carbocycles. The van der Waals surface area contributed by atoms with Crippen molar-refractivity contribution in [3.05, 3.63) is 89.5 Å². The predicted molar refractivity (Wildman–Crippen MR) is 108 cm³/mol. The summed E-state index contributed by atoms with van der Waals surface area (Å²) in [6.07, 6.45) is 3.39. The molecule has 0 saturated carbocycles. The predicted octanol–water partition coefficient (Wildman–Crippen LogP) is 4.12. The Labute approximate surface area is 160 Å². The summed E-state index contributed by atoms with van der Waals surface area (Å²) in [5, 5.41) is 4.37. The third-order valence-electron chi connectivity index (χ3n) is 4.34. The lowest BCUT2D eigenvalue weighted by Gasteiger charge is -2.04. The van der Waals surface area contributed by atoms with Crippen LogP contribution in [0.2, 0.25) is 0 Å². The molecule has 0 fully saturated rings. The molecule has 0 aliphatic rings. The van der Waals surface area contributed by atoms with Crippen molar-refractivity contribution in [3.63, 3.8) is 0 Å². The van der Waals surface area contributed by atoms with Crippen molar-refractivity contribution in [1.82, 2.24) is 14.3 Å². The van der Waals surface area contributed by atoms with E-state index in [0.29, 0.717) is 16.9 Å². The Bertz CT molecular complexity index is 1200. The Balaban J connectivity index is 1.79. The van der Waals surface area contributed by atoms with E-state index in [1.54, 1.807) is 17.0 Å². The smallest absolute Gasteiger partial charge is 0.283 e. The summed E-state index contributed by atoms with van der Waals surface area (Å²) in [4.78, 5) is 17.9. The van der Waals surface area contributed by atoms with E-state index in [1.807, 2.05) is 66.1 Å². The molecule has 6 heteroatoms. The van der Waals surface area contributed by atoms with Gasteiger partial charge in [-0.3, -0.25) is 4.79 Å². The van der Waals surface area contributed by atoms with Crippen LogP contribution < -0.4 is 4.80 Å².